The second-order valence-corrected chi connectivity index (χ2v) is 4.71. The van der Waals surface area contributed by atoms with Gasteiger partial charge in [-0.05, 0) is 18.6 Å². The molecule has 0 aliphatic carbocycles. The van der Waals surface area contributed by atoms with Gasteiger partial charge in [0, 0.05) is 6.42 Å². The first-order chi connectivity index (χ1) is 8.70. The van der Waals surface area contributed by atoms with Crippen LogP contribution in [0.1, 0.15) is 18.2 Å². The molecule has 0 bridgehead atoms. The van der Waals surface area contributed by atoms with Gasteiger partial charge in [0.05, 0.1) is 30.1 Å². The number of fused-ring (bicyclic) bond motifs is 1. The topological polar surface area (TPSA) is 67.5 Å². The number of hydrogen-bond donors (Lipinski definition) is 2. The van der Waals surface area contributed by atoms with E-state index >= 15 is 0 Å². The van der Waals surface area contributed by atoms with E-state index in [-0.39, 0.29) is 12.8 Å². The lowest BCUT2D eigenvalue weighted by Crippen LogP contribution is -2.24. The zero-order valence-electron chi connectivity index (χ0n) is 10.2. The van der Waals surface area contributed by atoms with E-state index in [1.54, 1.807) is 6.33 Å². The van der Waals surface area contributed by atoms with E-state index in [0.29, 0.717) is 6.42 Å². The average molecular weight is 248 g/mol. The lowest BCUT2D eigenvalue weighted by atomic mass is 10.2. The Hall–Kier alpha value is -1.43. The van der Waals surface area contributed by atoms with E-state index in [2.05, 4.69) is 4.98 Å². The van der Waals surface area contributed by atoms with Crippen LogP contribution in [0.25, 0.3) is 11.0 Å². The van der Waals surface area contributed by atoms with Gasteiger partial charge in [0.25, 0.3) is 0 Å². The lowest BCUT2D eigenvalue weighted by Gasteiger charge is -2.14. The van der Waals surface area contributed by atoms with E-state index in [0.717, 1.165) is 16.6 Å². The fourth-order valence-electron chi connectivity index (χ4n) is 2.48. The quantitative estimate of drug-likeness (QED) is 0.831. The molecule has 1 aliphatic rings. The highest BCUT2D eigenvalue weighted by Gasteiger charge is 2.34. The molecule has 2 aromatic rings. The Kier molecular flexibility index (Phi) is 2.81. The number of benzene rings is 1. The highest BCUT2D eigenvalue weighted by atomic mass is 16.5. The monoisotopic (exact) mass is 248 g/mol. The third kappa shape index (κ3) is 1.71. The van der Waals surface area contributed by atoms with Crippen molar-refractivity contribution in [2.75, 3.05) is 6.61 Å². The molecule has 0 spiro atoms. The van der Waals surface area contributed by atoms with Crippen LogP contribution in [0.3, 0.4) is 0 Å². The molecule has 18 heavy (non-hydrogen) atoms. The Morgan fingerprint density at radius 2 is 2.33 bits per heavy atom. The van der Waals surface area contributed by atoms with Gasteiger partial charge in [0.2, 0.25) is 0 Å². The highest BCUT2D eigenvalue weighted by Crippen LogP contribution is 2.31. The number of aliphatic hydroxyl groups excluding tert-OH is 2. The fourth-order valence-corrected chi connectivity index (χ4v) is 2.48. The largest absolute Gasteiger partial charge is 0.394 e. The van der Waals surface area contributed by atoms with Gasteiger partial charge in [-0.3, -0.25) is 0 Å². The third-order valence-electron chi connectivity index (χ3n) is 3.50. The van der Waals surface area contributed by atoms with Gasteiger partial charge in [-0.15, -0.1) is 0 Å². The maximum atomic E-state index is 9.77. The molecule has 3 unspecified atom stereocenters. The summed E-state index contributed by atoms with van der Waals surface area (Å²) < 4.78 is 7.56. The van der Waals surface area contributed by atoms with Crippen molar-refractivity contribution in [2.24, 2.45) is 0 Å². The number of aromatic nitrogens is 2. The Bertz CT molecular complexity index is 566. The number of para-hydroxylation sites is 1. The molecule has 1 aliphatic heterocycles. The third-order valence-corrected chi connectivity index (χ3v) is 3.50. The number of hydrogen-bond acceptors (Lipinski definition) is 4. The number of aryl methyl sites for hydroxylation is 1. The summed E-state index contributed by atoms with van der Waals surface area (Å²) in [5.41, 5.74) is 3.05. The van der Waals surface area contributed by atoms with E-state index in [4.69, 9.17) is 9.84 Å². The Balaban J connectivity index is 1.99. The van der Waals surface area contributed by atoms with Crippen LogP contribution in [0.2, 0.25) is 0 Å². The minimum Gasteiger partial charge on any atom is -0.394 e. The summed E-state index contributed by atoms with van der Waals surface area (Å²) in [7, 11) is 0. The van der Waals surface area contributed by atoms with Gasteiger partial charge in [-0.1, -0.05) is 12.1 Å². The number of rotatable bonds is 2. The molecule has 1 saturated heterocycles. The molecular formula is C13H16N2O3. The van der Waals surface area contributed by atoms with Gasteiger partial charge in [-0.2, -0.15) is 0 Å². The standard InChI is InChI=1S/C13H16N2O3/c1-8-3-2-4-9-13(8)14-7-15(9)12-5-10(17)11(6-16)18-12/h2-4,7,10-12,16-17H,5-6H2,1H3. The molecule has 2 N–H and O–H groups in total. The molecule has 3 atom stereocenters. The number of aliphatic hydroxyl groups is 2. The second-order valence-electron chi connectivity index (χ2n) is 4.71. The smallest absolute Gasteiger partial charge is 0.138 e. The molecule has 0 amide bonds. The van der Waals surface area contributed by atoms with Crippen molar-refractivity contribution >= 4 is 11.0 Å². The summed E-state index contributed by atoms with van der Waals surface area (Å²) in [5, 5.41) is 18.9. The molecule has 0 radical (unpaired) electrons. The van der Waals surface area contributed by atoms with Crippen LogP contribution in [0.4, 0.5) is 0 Å². The molecule has 1 aromatic heterocycles. The molecule has 96 valence electrons. The minimum absolute atomic E-state index is 0.163. The summed E-state index contributed by atoms with van der Waals surface area (Å²) in [6, 6.07) is 5.97. The van der Waals surface area contributed by atoms with Gasteiger partial charge in [0.1, 0.15) is 12.3 Å². The molecule has 0 saturated carbocycles. The normalized spacial score (nSPS) is 28.1. The summed E-state index contributed by atoms with van der Waals surface area (Å²) in [6.45, 7) is 1.85. The van der Waals surface area contributed by atoms with Crippen LogP contribution in [-0.4, -0.2) is 38.6 Å². The predicted molar refractivity (Wildman–Crippen MR) is 66.1 cm³/mol. The lowest BCUT2D eigenvalue weighted by molar-refractivity contribution is -0.0430. The molecule has 1 fully saturated rings. The number of imidazole rings is 1. The Labute approximate surface area is 105 Å². The van der Waals surface area contributed by atoms with Gasteiger partial charge < -0.3 is 19.5 Å². The fraction of sp³-hybridized carbons (Fsp3) is 0.462. The number of ether oxygens (including phenoxy) is 1. The van der Waals surface area contributed by atoms with Crippen molar-refractivity contribution < 1.29 is 14.9 Å². The highest BCUT2D eigenvalue weighted by molar-refractivity contribution is 5.78. The summed E-state index contributed by atoms with van der Waals surface area (Å²) in [5.74, 6) is 0. The van der Waals surface area contributed by atoms with Crippen molar-refractivity contribution in [2.45, 2.75) is 31.8 Å². The molecule has 5 heteroatoms. The van der Waals surface area contributed by atoms with Crippen LogP contribution < -0.4 is 0 Å². The van der Waals surface area contributed by atoms with Crippen molar-refractivity contribution in [3.05, 3.63) is 30.1 Å². The van der Waals surface area contributed by atoms with Crippen LogP contribution in [0.5, 0.6) is 0 Å². The maximum Gasteiger partial charge on any atom is 0.138 e. The first-order valence-corrected chi connectivity index (χ1v) is 6.07. The molecule has 3 rings (SSSR count). The van der Waals surface area contributed by atoms with Crippen LogP contribution >= 0.6 is 0 Å². The molecule has 1 aromatic carbocycles. The van der Waals surface area contributed by atoms with E-state index in [1.807, 2.05) is 29.7 Å². The maximum absolute atomic E-state index is 9.77. The van der Waals surface area contributed by atoms with Crippen molar-refractivity contribution in [3.8, 4) is 0 Å². The Morgan fingerprint density at radius 3 is 3.06 bits per heavy atom. The van der Waals surface area contributed by atoms with E-state index in [1.165, 1.54) is 0 Å². The average Bonchev–Trinajstić information content (AvgIpc) is 2.93. The van der Waals surface area contributed by atoms with Gasteiger partial charge in [-0.25, -0.2) is 4.98 Å². The van der Waals surface area contributed by atoms with Gasteiger partial charge in [0.15, 0.2) is 0 Å². The zero-order chi connectivity index (χ0) is 12.7. The van der Waals surface area contributed by atoms with E-state index in [9.17, 15) is 5.11 Å². The minimum atomic E-state index is -0.623. The van der Waals surface area contributed by atoms with Crippen LogP contribution in [0, 0.1) is 6.92 Å². The van der Waals surface area contributed by atoms with E-state index < -0.39 is 12.2 Å². The number of nitrogens with zero attached hydrogens (tertiary/aromatic N) is 2. The van der Waals surface area contributed by atoms with Crippen molar-refractivity contribution in [1.29, 1.82) is 0 Å². The molecule has 5 nitrogen and oxygen atoms in total. The first-order valence-electron chi connectivity index (χ1n) is 6.07. The van der Waals surface area contributed by atoms with Crippen LogP contribution in [-0.2, 0) is 4.74 Å². The second kappa shape index (κ2) is 4.35. The zero-order valence-corrected chi connectivity index (χ0v) is 10.2. The van der Waals surface area contributed by atoms with Crippen molar-refractivity contribution in [3.63, 3.8) is 0 Å². The summed E-state index contributed by atoms with van der Waals surface area (Å²) >= 11 is 0. The van der Waals surface area contributed by atoms with Gasteiger partial charge >= 0.3 is 0 Å². The Morgan fingerprint density at radius 1 is 1.50 bits per heavy atom. The first kappa shape index (κ1) is 11.6. The summed E-state index contributed by atoms with van der Waals surface area (Å²) in [4.78, 5) is 4.38. The predicted octanol–water partition coefficient (Wildman–Crippen LogP) is 0.985. The van der Waals surface area contributed by atoms with Crippen LogP contribution in [0.15, 0.2) is 24.5 Å². The SMILES string of the molecule is Cc1cccc2c1ncn2C1CC(O)C(CO)O1. The molecule has 2 heterocycles. The molecular weight excluding hydrogens is 232 g/mol. The summed E-state index contributed by atoms with van der Waals surface area (Å²) in [6.07, 6.45) is 0.822. The van der Waals surface area contributed by atoms with Crippen molar-refractivity contribution in [1.82, 2.24) is 9.55 Å².